The maximum Gasteiger partial charge on any atom is 0.338 e. The average molecular weight is 530 g/mol. The molecule has 2 aliphatic heterocycles. The monoisotopic (exact) mass is 529 g/mol. The Balaban J connectivity index is 1.61. The third-order valence-corrected chi connectivity index (χ3v) is 7.14. The van der Waals surface area contributed by atoms with Gasteiger partial charge in [0.25, 0.3) is 0 Å². The van der Waals surface area contributed by atoms with E-state index in [2.05, 4.69) is 50.5 Å². The number of guanidine groups is 2. The van der Waals surface area contributed by atoms with E-state index in [4.69, 9.17) is 21.9 Å². The van der Waals surface area contributed by atoms with Gasteiger partial charge in [0.2, 0.25) is 0 Å². The predicted octanol–water partition coefficient (Wildman–Crippen LogP) is 3.87. The number of esters is 1. The molecule has 0 spiro atoms. The number of ether oxygens (including phenoxy) is 1. The van der Waals surface area contributed by atoms with E-state index in [1.54, 1.807) is 6.07 Å². The molecule has 9 heteroatoms. The second-order valence-corrected chi connectivity index (χ2v) is 10.3. The summed E-state index contributed by atoms with van der Waals surface area (Å²) in [5.41, 5.74) is 23.1. The number of nitrogens with zero attached hydrogens (tertiary/aromatic N) is 3. The maximum absolute atomic E-state index is 13.0. The lowest BCUT2D eigenvalue weighted by molar-refractivity contribution is 0.0539. The van der Waals surface area contributed by atoms with Crippen LogP contribution in [0.4, 0.5) is 5.69 Å². The molecule has 7 N–H and O–H groups in total. The van der Waals surface area contributed by atoms with Gasteiger partial charge in [0.15, 0.2) is 11.9 Å². The van der Waals surface area contributed by atoms with E-state index in [0.717, 1.165) is 29.8 Å². The Morgan fingerprint density at radius 2 is 1.79 bits per heavy atom. The third-order valence-electron chi connectivity index (χ3n) is 7.14. The summed E-state index contributed by atoms with van der Waals surface area (Å²) in [5, 5.41) is 3.74. The number of hydrogen-bond donors (Lipinski definition) is 4. The number of carbonyl (C=O) groups excluding carboxylic acids is 1. The normalized spacial score (nSPS) is 20.4. The van der Waals surface area contributed by atoms with Gasteiger partial charge < -0.3 is 32.2 Å². The summed E-state index contributed by atoms with van der Waals surface area (Å²) in [5.74, 6) is 0.414. The number of allylic oxidation sites excluding steroid dienone is 1. The van der Waals surface area contributed by atoms with Gasteiger partial charge in [-0.25, -0.2) is 14.8 Å². The number of rotatable bonds is 8. The number of benzene rings is 2. The van der Waals surface area contributed by atoms with Crippen LogP contribution in [0.25, 0.3) is 0 Å². The number of likely N-dealkylation sites (tertiary alicyclic amines) is 1. The minimum Gasteiger partial charge on any atom is -0.458 e. The molecule has 4 rings (SSSR count). The summed E-state index contributed by atoms with van der Waals surface area (Å²) in [7, 11) is 0. The van der Waals surface area contributed by atoms with Crippen LogP contribution in [0.3, 0.4) is 0 Å². The smallest absolute Gasteiger partial charge is 0.338 e. The van der Waals surface area contributed by atoms with Crippen molar-refractivity contribution in [3.05, 3.63) is 88.5 Å². The van der Waals surface area contributed by atoms with Crippen molar-refractivity contribution in [2.45, 2.75) is 39.3 Å². The topological polar surface area (TPSA) is 144 Å². The predicted molar refractivity (Wildman–Crippen MR) is 157 cm³/mol. The van der Waals surface area contributed by atoms with E-state index in [1.807, 2.05) is 45.0 Å². The molecule has 2 aliphatic rings. The van der Waals surface area contributed by atoms with E-state index < -0.39 is 0 Å². The van der Waals surface area contributed by atoms with Crippen LogP contribution in [-0.2, 0) is 4.74 Å². The van der Waals surface area contributed by atoms with Crippen molar-refractivity contribution in [1.29, 1.82) is 0 Å². The molecule has 0 bridgehead atoms. The standard InChI is InChI=1S/C30H39N7O2/c1-19(2)11-14-35-30(33)37-16-13-23-26(21-7-5-4-6-8-21)36-25-10-9-22(17-24(25)27(23)37)28(38)39-18-20(3)12-15-34-29(31)32/h4-12,17,23,26-27,36H,13-16,18H2,1-3H3,(H2,33,35)(H4,31,32,34)/b20-12+/t23-,26-,27-/m0/s1. The number of anilines is 1. The van der Waals surface area contributed by atoms with Gasteiger partial charge in [0.1, 0.15) is 6.61 Å². The fourth-order valence-electron chi connectivity index (χ4n) is 5.19. The number of carbonyl (C=O) groups is 1. The Hall–Kier alpha value is -4.27. The van der Waals surface area contributed by atoms with Crippen molar-refractivity contribution in [3.63, 3.8) is 0 Å². The molecular formula is C30H39N7O2. The molecule has 1 fully saturated rings. The highest BCUT2D eigenvalue weighted by molar-refractivity contribution is 5.91. The zero-order chi connectivity index (χ0) is 27.9. The SMILES string of the molecule is CC(C)=CCN=C(N)N1CC[C@@H]2[C@H]1c1cc(C(=O)OC/C(C)=C/CN=C(N)N)ccc1N[C@H]2c1ccccc1. The Labute approximate surface area is 230 Å². The summed E-state index contributed by atoms with van der Waals surface area (Å²) in [6.45, 7) is 7.80. The quantitative estimate of drug-likeness (QED) is 0.176. The van der Waals surface area contributed by atoms with Crippen LogP contribution < -0.4 is 22.5 Å². The summed E-state index contributed by atoms with van der Waals surface area (Å²) >= 11 is 0. The van der Waals surface area contributed by atoms with Crippen molar-refractivity contribution in [1.82, 2.24) is 4.90 Å². The highest BCUT2D eigenvalue weighted by atomic mass is 16.5. The van der Waals surface area contributed by atoms with Crippen LogP contribution in [0, 0.1) is 5.92 Å². The zero-order valence-electron chi connectivity index (χ0n) is 22.9. The van der Waals surface area contributed by atoms with Gasteiger partial charge >= 0.3 is 5.97 Å². The fourth-order valence-corrected chi connectivity index (χ4v) is 5.19. The maximum atomic E-state index is 13.0. The molecule has 39 heavy (non-hydrogen) atoms. The summed E-state index contributed by atoms with van der Waals surface area (Å²) in [6, 6.07) is 16.3. The molecule has 1 saturated heterocycles. The van der Waals surface area contributed by atoms with Crippen molar-refractivity contribution >= 4 is 23.6 Å². The summed E-state index contributed by atoms with van der Waals surface area (Å²) in [4.78, 5) is 23.8. The molecule has 0 aromatic heterocycles. The fraction of sp³-hybridized carbons (Fsp3) is 0.367. The van der Waals surface area contributed by atoms with Gasteiger partial charge in [-0.3, -0.25) is 0 Å². The molecule has 206 valence electrons. The first-order valence-electron chi connectivity index (χ1n) is 13.3. The molecule has 2 aromatic carbocycles. The lowest BCUT2D eigenvalue weighted by Gasteiger charge is -2.40. The average Bonchev–Trinajstić information content (AvgIpc) is 3.37. The van der Waals surface area contributed by atoms with Gasteiger partial charge in [0.05, 0.1) is 30.7 Å². The molecule has 0 saturated carbocycles. The molecule has 2 heterocycles. The first kappa shape index (κ1) is 27.8. The Kier molecular flexibility index (Phi) is 8.91. The molecular weight excluding hydrogens is 490 g/mol. The van der Waals surface area contributed by atoms with Gasteiger partial charge in [-0.05, 0) is 62.1 Å². The van der Waals surface area contributed by atoms with E-state index in [-0.39, 0.29) is 36.5 Å². The highest BCUT2D eigenvalue weighted by Gasteiger charge is 2.45. The second-order valence-electron chi connectivity index (χ2n) is 10.3. The number of nitrogens with one attached hydrogen (secondary N) is 1. The number of aliphatic imine (C=N–C) groups is 2. The van der Waals surface area contributed by atoms with Crippen LogP contribution in [-0.4, -0.2) is 49.0 Å². The molecule has 3 atom stereocenters. The van der Waals surface area contributed by atoms with Crippen molar-refractivity contribution in [3.8, 4) is 0 Å². The summed E-state index contributed by atoms with van der Waals surface area (Å²) < 4.78 is 5.58. The molecule has 0 amide bonds. The van der Waals surface area contributed by atoms with Crippen LogP contribution in [0.5, 0.6) is 0 Å². The van der Waals surface area contributed by atoms with Crippen LogP contribution >= 0.6 is 0 Å². The van der Waals surface area contributed by atoms with Gasteiger partial charge in [-0.1, -0.05) is 48.1 Å². The second kappa shape index (κ2) is 12.5. The Morgan fingerprint density at radius 3 is 2.51 bits per heavy atom. The highest BCUT2D eigenvalue weighted by Crippen LogP contribution is 2.51. The molecule has 2 aromatic rings. The van der Waals surface area contributed by atoms with Crippen LogP contribution in [0.2, 0.25) is 0 Å². The minimum atomic E-state index is -0.385. The zero-order valence-corrected chi connectivity index (χ0v) is 22.9. The number of nitrogens with two attached hydrogens (primary N) is 3. The molecule has 0 radical (unpaired) electrons. The Bertz CT molecular complexity index is 1290. The van der Waals surface area contributed by atoms with Crippen LogP contribution in [0.1, 0.15) is 60.8 Å². The first-order valence-corrected chi connectivity index (χ1v) is 13.3. The van der Waals surface area contributed by atoms with Crippen molar-refractivity contribution in [2.75, 3.05) is 31.6 Å². The van der Waals surface area contributed by atoms with E-state index >= 15 is 0 Å². The molecule has 0 unspecified atom stereocenters. The molecule has 0 aliphatic carbocycles. The van der Waals surface area contributed by atoms with Gasteiger partial charge in [-0.2, -0.15) is 0 Å². The van der Waals surface area contributed by atoms with E-state index in [1.165, 1.54) is 11.1 Å². The van der Waals surface area contributed by atoms with E-state index in [9.17, 15) is 4.79 Å². The third kappa shape index (κ3) is 6.79. The lowest BCUT2D eigenvalue weighted by Crippen LogP contribution is -2.41. The molecule has 9 nitrogen and oxygen atoms in total. The van der Waals surface area contributed by atoms with Gasteiger partial charge in [-0.15, -0.1) is 0 Å². The van der Waals surface area contributed by atoms with Gasteiger partial charge in [0, 0.05) is 18.2 Å². The first-order chi connectivity index (χ1) is 18.7. The Morgan fingerprint density at radius 1 is 1.05 bits per heavy atom. The number of hydrogen-bond acceptors (Lipinski definition) is 5. The minimum absolute atomic E-state index is 0.0177. The van der Waals surface area contributed by atoms with E-state index in [0.29, 0.717) is 24.6 Å². The van der Waals surface area contributed by atoms with Crippen molar-refractivity contribution in [2.24, 2.45) is 33.1 Å². The largest absolute Gasteiger partial charge is 0.458 e. The summed E-state index contributed by atoms with van der Waals surface area (Å²) in [6.07, 6.45) is 4.83. The lowest BCUT2D eigenvalue weighted by atomic mass is 9.79. The number of fused-ring (bicyclic) bond motifs is 3. The van der Waals surface area contributed by atoms with Crippen molar-refractivity contribution < 1.29 is 9.53 Å². The van der Waals surface area contributed by atoms with Crippen LogP contribution in [0.15, 0.2) is 81.8 Å².